The van der Waals surface area contributed by atoms with Crippen molar-refractivity contribution in [2.75, 3.05) is 6.54 Å². The van der Waals surface area contributed by atoms with Crippen LogP contribution in [0.25, 0.3) is 10.9 Å². The average molecular weight is 336 g/mol. The molecule has 3 aromatic rings. The highest BCUT2D eigenvalue weighted by molar-refractivity contribution is 7.80. The summed E-state index contributed by atoms with van der Waals surface area (Å²) >= 11 is 5.25. The number of benzene rings is 2. The molecule has 0 aliphatic rings. The zero-order chi connectivity index (χ0) is 16.8. The van der Waals surface area contributed by atoms with Gasteiger partial charge in [-0.15, -0.1) is 0 Å². The van der Waals surface area contributed by atoms with E-state index in [1.807, 2.05) is 37.3 Å². The first-order valence-corrected chi connectivity index (χ1v) is 8.33. The predicted molar refractivity (Wildman–Crippen MR) is 105 cm³/mol. The van der Waals surface area contributed by atoms with E-state index in [1.54, 1.807) is 6.21 Å². The molecule has 0 saturated carbocycles. The molecule has 1 aromatic heterocycles. The molecule has 0 fully saturated rings. The smallest absolute Gasteiger partial charge is 0.186 e. The van der Waals surface area contributed by atoms with Crippen molar-refractivity contribution in [3.8, 4) is 0 Å². The van der Waals surface area contributed by atoms with Crippen molar-refractivity contribution in [1.82, 2.24) is 15.7 Å². The summed E-state index contributed by atoms with van der Waals surface area (Å²) in [6.45, 7) is 2.81. The number of H-pyrrole nitrogens is 1. The number of hydrogen-bond donors (Lipinski definition) is 3. The lowest BCUT2D eigenvalue weighted by molar-refractivity contribution is 0.838. The van der Waals surface area contributed by atoms with Crippen LogP contribution < -0.4 is 10.7 Å². The highest BCUT2D eigenvalue weighted by atomic mass is 32.1. The van der Waals surface area contributed by atoms with Crippen LogP contribution in [0.2, 0.25) is 0 Å². The van der Waals surface area contributed by atoms with E-state index in [9.17, 15) is 0 Å². The topological polar surface area (TPSA) is 52.2 Å². The summed E-state index contributed by atoms with van der Waals surface area (Å²) in [5.41, 5.74) is 7.43. The van der Waals surface area contributed by atoms with E-state index in [-0.39, 0.29) is 0 Å². The van der Waals surface area contributed by atoms with Gasteiger partial charge in [-0.05, 0) is 37.2 Å². The van der Waals surface area contributed by atoms with Gasteiger partial charge < -0.3 is 10.3 Å². The Kier molecular flexibility index (Phi) is 5.23. The minimum atomic E-state index is 0.527. The van der Waals surface area contributed by atoms with Gasteiger partial charge in [0.15, 0.2) is 5.11 Å². The van der Waals surface area contributed by atoms with Crippen LogP contribution in [0.1, 0.15) is 16.8 Å². The van der Waals surface area contributed by atoms with Crippen LogP contribution in [0.3, 0.4) is 0 Å². The molecule has 2 aromatic carbocycles. The van der Waals surface area contributed by atoms with Gasteiger partial charge in [0.25, 0.3) is 0 Å². The van der Waals surface area contributed by atoms with Crippen molar-refractivity contribution in [1.29, 1.82) is 0 Å². The van der Waals surface area contributed by atoms with E-state index in [0.29, 0.717) is 5.11 Å². The third kappa shape index (κ3) is 4.00. The number of para-hydroxylation sites is 1. The highest BCUT2D eigenvalue weighted by Gasteiger charge is 2.05. The Morgan fingerprint density at radius 3 is 2.71 bits per heavy atom. The molecule has 0 spiro atoms. The number of hydrazone groups is 1. The third-order valence-electron chi connectivity index (χ3n) is 3.85. The zero-order valence-electron chi connectivity index (χ0n) is 13.5. The Balaban J connectivity index is 1.52. The van der Waals surface area contributed by atoms with Crippen LogP contribution in [0, 0.1) is 6.92 Å². The first-order chi connectivity index (χ1) is 11.7. The minimum Gasteiger partial charge on any atom is -0.361 e. The normalized spacial score (nSPS) is 11.0. The first kappa shape index (κ1) is 16.2. The fourth-order valence-corrected chi connectivity index (χ4v) is 2.78. The number of fused-ring (bicyclic) bond motifs is 1. The van der Waals surface area contributed by atoms with E-state index >= 15 is 0 Å². The number of thiocarbonyl (C=S) groups is 1. The molecule has 3 rings (SSSR count). The number of nitrogens with one attached hydrogen (secondary N) is 3. The summed E-state index contributed by atoms with van der Waals surface area (Å²) in [5, 5.41) is 9.10. The van der Waals surface area contributed by atoms with Crippen molar-refractivity contribution in [2.45, 2.75) is 13.3 Å². The van der Waals surface area contributed by atoms with Gasteiger partial charge in [0.1, 0.15) is 0 Å². The fraction of sp³-hybridized carbons (Fsp3) is 0.158. The summed E-state index contributed by atoms with van der Waals surface area (Å²) in [6.07, 6.45) is 2.73. The van der Waals surface area contributed by atoms with Gasteiger partial charge in [0, 0.05) is 28.7 Å². The van der Waals surface area contributed by atoms with Gasteiger partial charge in [0.05, 0.1) is 6.21 Å². The van der Waals surface area contributed by atoms with Crippen LogP contribution in [0.5, 0.6) is 0 Å². The van der Waals surface area contributed by atoms with Crippen LogP contribution >= 0.6 is 12.2 Å². The van der Waals surface area contributed by atoms with Crippen molar-refractivity contribution in [2.24, 2.45) is 5.10 Å². The molecule has 122 valence electrons. The number of aryl methyl sites for hydroxylation is 1. The molecule has 1 heterocycles. The number of nitrogens with zero attached hydrogens (tertiary/aromatic N) is 1. The van der Waals surface area contributed by atoms with Crippen LogP contribution in [0.4, 0.5) is 0 Å². The molecular weight excluding hydrogens is 316 g/mol. The molecule has 3 N–H and O–H groups in total. The number of aromatic nitrogens is 1. The predicted octanol–water partition coefficient (Wildman–Crippen LogP) is 3.52. The molecule has 0 amide bonds. The molecule has 0 bridgehead atoms. The highest BCUT2D eigenvalue weighted by Crippen LogP contribution is 2.19. The maximum atomic E-state index is 5.25. The van der Waals surface area contributed by atoms with Crippen LogP contribution in [-0.4, -0.2) is 22.9 Å². The van der Waals surface area contributed by atoms with Crippen molar-refractivity contribution >= 4 is 34.4 Å². The van der Waals surface area contributed by atoms with Crippen LogP contribution in [0.15, 0.2) is 59.7 Å². The summed E-state index contributed by atoms with van der Waals surface area (Å²) in [7, 11) is 0. The molecular formula is C19H20N4S. The standard InChI is InChI=1S/C19H20N4S/c1-14-17(16-9-5-6-10-18(16)22-14)13-21-23-19(24)20-12-11-15-7-3-2-4-8-15/h2-10,13,22H,11-12H2,1H3,(H2,20,23,24)/b21-13-. The molecule has 0 radical (unpaired) electrons. The minimum absolute atomic E-state index is 0.527. The Hall–Kier alpha value is -2.66. The summed E-state index contributed by atoms with van der Waals surface area (Å²) in [5.74, 6) is 0. The summed E-state index contributed by atoms with van der Waals surface area (Å²) < 4.78 is 0. The quantitative estimate of drug-likeness (QED) is 0.380. The van der Waals surface area contributed by atoms with Gasteiger partial charge in [-0.2, -0.15) is 5.10 Å². The zero-order valence-corrected chi connectivity index (χ0v) is 14.4. The van der Waals surface area contributed by atoms with Gasteiger partial charge in [-0.3, -0.25) is 5.43 Å². The maximum Gasteiger partial charge on any atom is 0.186 e. The largest absolute Gasteiger partial charge is 0.361 e. The number of hydrogen-bond acceptors (Lipinski definition) is 2. The average Bonchev–Trinajstić information content (AvgIpc) is 2.92. The van der Waals surface area contributed by atoms with Crippen molar-refractivity contribution < 1.29 is 0 Å². The molecule has 0 aliphatic carbocycles. The lowest BCUT2D eigenvalue weighted by atomic mass is 10.1. The Morgan fingerprint density at radius 1 is 1.12 bits per heavy atom. The molecule has 0 saturated heterocycles. The second kappa shape index (κ2) is 7.75. The van der Waals surface area contributed by atoms with E-state index < -0.39 is 0 Å². The summed E-state index contributed by atoms with van der Waals surface area (Å²) in [4.78, 5) is 3.35. The van der Waals surface area contributed by atoms with E-state index in [0.717, 1.165) is 35.1 Å². The second-order valence-electron chi connectivity index (χ2n) is 5.57. The third-order valence-corrected chi connectivity index (χ3v) is 4.08. The molecule has 24 heavy (non-hydrogen) atoms. The van der Waals surface area contributed by atoms with E-state index in [2.05, 4.69) is 45.1 Å². The van der Waals surface area contributed by atoms with E-state index in [1.165, 1.54) is 5.56 Å². The maximum absolute atomic E-state index is 5.25. The lowest BCUT2D eigenvalue weighted by Gasteiger charge is -2.06. The Morgan fingerprint density at radius 2 is 1.88 bits per heavy atom. The first-order valence-electron chi connectivity index (χ1n) is 7.92. The van der Waals surface area contributed by atoms with Crippen molar-refractivity contribution in [3.05, 3.63) is 71.4 Å². The van der Waals surface area contributed by atoms with Crippen LogP contribution in [-0.2, 0) is 6.42 Å². The summed E-state index contributed by atoms with van der Waals surface area (Å²) in [6, 6.07) is 18.5. The van der Waals surface area contributed by atoms with Gasteiger partial charge >= 0.3 is 0 Å². The number of rotatable bonds is 5. The fourth-order valence-electron chi connectivity index (χ4n) is 2.62. The molecule has 0 aliphatic heterocycles. The van der Waals surface area contributed by atoms with E-state index in [4.69, 9.17) is 12.2 Å². The van der Waals surface area contributed by atoms with Gasteiger partial charge in [-0.1, -0.05) is 48.5 Å². The second-order valence-corrected chi connectivity index (χ2v) is 5.98. The Bertz CT molecular complexity index is 852. The SMILES string of the molecule is Cc1[nH]c2ccccc2c1/C=N\NC(=S)NCCc1ccccc1. The molecule has 0 unspecified atom stereocenters. The molecule has 4 nitrogen and oxygen atoms in total. The lowest BCUT2D eigenvalue weighted by Crippen LogP contribution is -2.33. The number of aromatic amines is 1. The van der Waals surface area contributed by atoms with Crippen molar-refractivity contribution in [3.63, 3.8) is 0 Å². The molecule has 0 atom stereocenters. The molecule has 5 heteroatoms. The monoisotopic (exact) mass is 336 g/mol. The van der Waals surface area contributed by atoms with Gasteiger partial charge in [0.2, 0.25) is 0 Å². The van der Waals surface area contributed by atoms with Gasteiger partial charge in [-0.25, -0.2) is 0 Å². The Labute approximate surface area is 147 Å².